The number of fused-ring (bicyclic) bond motifs is 1. The molecule has 1 saturated heterocycles. The summed E-state index contributed by atoms with van der Waals surface area (Å²) in [6.45, 7) is 5.94. The van der Waals surface area contributed by atoms with Crippen molar-refractivity contribution in [3.05, 3.63) is 45.4 Å². The molecule has 1 aromatic heterocycles. The van der Waals surface area contributed by atoms with E-state index in [1.807, 2.05) is 36.9 Å². The number of carbonyl (C=O) groups excluding carboxylic acids is 1. The van der Waals surface area contributed by atoms with E-state index in [4.69, 9.17) is 0 Å². The fourth-order valence-corrected chi connectivity index (χ4v) is 3.87. The largest absolute Gasteiger partial charge is 0.341 e. The van der Waals surface area contributed by atoms with Crippen LogP contribution in [0.15, 0.2) is 23.0 Å². The first-order valence-corrected chi connectivity index (χ1v) is 8.92. The predicted molar refractivity (Wildman–Crippen MR) is 101 cm³/mol. The molecule has 134 valence electrons. The van der Waals surface area contributed by atoms with Gasteiger partial charge in [-0.25, -0.2) is 0 Å². The van der Waals surface area contributed by atoms with E-state index in [9.17, 15) is 9.59 Å². The van der Waals surface area contributed by atoms with Gasteiger partial charge in [-0.15, -0.1) is 0 Å². The van der Waals surface area contributed by atoms with Gasteiger partial charge >= 0.3 is 0 Å². The number of aromatic amines is 1. The number of amides is 1. The molecule has 1 aliphatic rings. The Morgan fingerprint density at radius 1 is 1.28 bits per heavy atom. The van der Waals surface area contributed by atoms with Gasteiger partial charge in [0.15, 0.2) is 0 Å². The van der Waals surface area contributed by atoms with Gasteiger partial charge in [0.05, 0.1) is 6.54 Å². The molecule has 0 aliphatic carbocycles. The molecule has 0 saturated carbocycles. The Morgan fingerprint density at radius 2 is 2.04 bits per heavy atom. The SMILES string of the molecule is Cc1cc(C)c2c(=O)[nH]c([C@@H]3CCCN(C(=O)CN(C)C)C3)cc2c1. The molecule has 3 rings (SSSR count). The van der Waals surface area contributed by atoms with Gasteiger partial charge < -0.3 is 14.8 Å². The number of pyridine rings is 1. The van der Waals surface area contributed by atoms with Gasteiger partial charge in [0.2, 0.25) is 5.91 Å². The molecule has 1 atom stereocenters. The quantitative estimate of drug-likeness (QED) is 0.933. The van der Waals surface area contributed by atoms with Gasteiger partial charge in [0, 0.05) is 30.1 Å². The maximum absolute atomic E-state index is 12.6. The van der Waals surface area contributed by atoms with E-state index in [-0.39, 0.29) is 17.4 Å². The minimum atomic E-state index is -0.0262. The lowest BCUT2D eigenvalue weighted by molar-refractivity contribution is -0.133. The number of nitrogens with zero attached hydrogens (tertiary/aromatic N) is 2. The Bertz CT molecular complexity index is 854. The summed E-state index contributed by atoms with van der Waals surface area (Å²) in [6.07, 6.45) is 1.97. The lowest BCUT2D eigenvalue weighted by atomic mass is 9.92. The third-order valence-corrected chi connectivity index (χ3v) is 4.97. The third kappa shape index (κ3) is 3.76. The van der Waals surface area contributed by atoms with Crippen LogP contribution in [0.5, 0.6) is 0 Å². The number of H-pyrrole nitrogens is 1. The summed E-state index contributed by atoms with van der Waals surface area (Å²) in [7, 11) is 3.82. The molecular weight excluding hydrogens is 314 g/mol. The first-order valence-electron chi connectivity index (χ1n) is 8.92. The number of likely N-dealkylation sites (tertiary alicyclic amines) is 1. The van der Waals surface area contributed by atoms with E-state index in [0.717, 1.165) is 47.0 Å². The smallest absolute Gasteiger partial charge is 0.256 e. The second-order valence-corrected chi connectivity index (χ2v) is 7.52. The van der Waals surface area contributed by atoms with Crippen LogP contribution < -0.4 is 5.56 Å². The van der Waals surface area contributed by atoms with Crippen LogP contribution in [0.1, 0.15) is 35.6 Å². The Labute approximate surface area is 148 Å². The normalized spacial score (nSPS) is 18.1. The molecule has 0 bridgehead atoms. The second-order valence-electron chi connectivity index (χ2n) is 7.52. The number of hydrogen-bond donors (Lipinski definition) is 1. The first kappa shape index (κ1) is 17.7. The highest BCUT2D eigenvalue weighted by Crippen LogP contribution is 2.27. The summed E-state index contributed by atoms with van der Waals surface area (Å²) in [5.41, 5.74) is 3.09. The molecule has 0 unspecified atom stereocenters. The summed E-state index contributed by atoms with van der Waals surface area (Å²) in [5, 5.41) is 1.76. The Kier molecular flexibility index (Phi) is 4.95. The fraction of sp³-hybridized carbons (Fsp3) is 0.500. The number of piperidine rings is 1. The van der Waals surface area contributed by atoms with Crippen LogP contribution in [0.25, 0.3) is 10.8 Å². The third-order valence-electron chi connectivity index (χ3n) is 4.97. The van der Waals surface area contributed by atoms with E-state index >= 15 is 0 Å². The first-order chi connectivity index (χ1) is 11.8. The molecule has 1 amide bonds. The van der Waals surface area contributed by atoms with Gasteiger partial charge in [-0.3, -0.25) is 9.59 Å². The van der Waals surface area contributed by atoms with Gasteiger partial charge in [-0.05, 0) is 57.8 Å². The zero-order valence-electron chi connectivity index (χ0n) is 15.6. The Balaban J connectivity index is 1.91. The lowest BCUT2D eigenvalue weighted by Gasteiger charge is -2.33. The van der Waals surface area contributed by atoms with Gasteiger partial charge in [0.1, 0.15) is 0 Å². The Hall–Kier alpha value is -2.14. The predicted octanol–water partition coefficient (Wildman–Crippen LogP) is 2.41. The van der Waals surface area contributed by atoms with Crippen molar-refractivity contribution >= 4 is 16.7 Å². The molecule has 1 aliphatic heterocycles. The number of carbonyl (C=O) groups is 1. The zero-order chi connectivity index (χ0) is 18.1. The lowest BCUT2D eigenvalue weighted by Crippen LogP contribution is -2.43. The van der Waals surface area contributed by atoms with Crippen molar-refractivity contribution in [2.45, 2.75) is 32.6 Å². The minimum absolute atomic E-state index is 0.0262. The van der Waals surface area contributed by atoms with Crippen LogP contribution in [0.3, 0.4) is 0 Å². The van der Waals surface area contributed by atoms with E-state index in [2.05, 4.69) is 24.0 Å². The standard InChI is InChI=1S/C20H27N3O2/c1-13-8-14(2)19-16(9-13)10-17(21-20(19)25)15-6-5-7-23(11-15)18(24)12-22(3)4/h8-10,15H,5-7,11-12H2,1-4H3,(H,21,25)/t15-/m1/s1. The van der Waals surface area contributed by atoms with E-state index in [0.29, 0.717) is 13.1 Å². The highest BCUT2D eigenvalue weighted by atomic mass is 16.2. The number of aryl methyl sites for hydroxylation is 2. The number of nitrogens with one attached hydrogen (secondary N) is 1. The topological polar surface area (TPSA) is 56.4 Å². The maximum atomic E-state index is 12.6. The molecule has 25 heavy (non-hydrogen) atoms. The van der Waals surface area contributed by atoms with Crippen LogP contribution >= 0.6 is 0 Å². The number of likely N-dealkylation sites (N-methyl/N-ethyl adjacent to an activating group) is 1. The molecule has 0 spiro atoms. The van der Waals surface area contributed by atoms with Crippen LogP contribution in [-0.2, 0) is 4.79 Å². The van der Waals surface area contributed by atoms with Crippen LogP contribution in [0.2, 0.25) is 0 Å². The summed E-state index contributed by atoms with van der Waals surface area (Å²) in [4.78, 5) is 31.9. The van der Waals surface area contributed by atoms with E-state index in [1.54, 1.807) is 0 Å². The van der Waals surface area contributed by atoms with Crippen LogP contribution in [-0.4, -0.2) is 54.4 Å². The monoisotopic (exact) mass is 341 g/mol. The average molecular weight is 341 g/mol. The summed E-state index contributed by atoms with van der Waals surface area (Å²) >= 11 is 0. The molecular formula is C20H27N3O2. The average Bonchev–Trinajstić information content (AvgIpc) is 2.53. The van der Waals surface area contributed by atoms with Gasteiger partial charge in [-0.1, -0.05) is 17.7 Å². The fourth-order valence-electron chi connectivity index (χ4n) is 3.87. The molecule has 5 nitrogen and oxygen atoms in total. The Morgan fingerprint density at radius 3 is 2.76 bits per heavy atom. The molecule has 1 aromatic carbocycles. The number of aromatic nitrogens is 1. The highest BCUT2D eigenvalue weighted by Gasteiger charge is 2.26. The van der Waals surface area contributed by atoms with Gasteiger partial charge in [-0.2, -0.15) is 0 Å². The van der Waals surface area contributed by atoms with E-state index in [1.165, 1.54) is 0 Å². The van der Waals surface area contributed by atoms with Crippen molar-refractivity contribution in [1.29, 1.82) is 0 Å². The van der Waals surface area contributed by atoms with Crippen molar-refractivity contribution in [3.63, 3.8) is 0 Å². The highest BCUT2D eigenvalue weighted by molar-refractivity contribution is 5.85. The number of benzene rings is 1. The van der Waals surface area contributed by atoms with Crippen LogP contribution in [0.4, 0.5) is 0 Å². The summed E-state index contributed by atoms with van der Waals surface area (Å²) in [6, 6.07) is 6.21. The van der Waals surface area contributed by atoms with Crippen molar-refractivity contribution < 1.29 is 4.79 Å². The molecule has 1 fully saturated rings. The van der Waals surface area contributed by atoms with Crippen LogP contribution in [0, 0.1) is 13.8 Å². The number of hydrogen-bond acceptors (Lipinski definition) is 3. The zero-order valence-corrected chi connectivity index (χ0v) is 15.6. The number of rotatable bonds is 3. The minimum Gasteiger partial charge on any atom is -0.341 e. The molecule has 2 aromatic rings. The molecule has 1 N–H and O–H groups in total. The molecule has 2 heterocycles. The summed E-state index contributed by atoms with van der Waals surface area (Å²) in [5.74, 6) is 0.349. The maximum Gasteiger partial charge on any atom is 0.256 e. The molecule has 0 radical (unpaired) electrons. The summed E-state index contributed by atoms with van der Waals surface area (Å²) < 4.78 is 0. The van der Waals surface area contributed by atoms with Crippen molar-refractivity contribution in [3.8, 4) is 0 Å². The molecule has 5 heteroatoms. The van der Waals surface area contributed by atoms with E-state index < -0.39 is 0 Å². The van der Waals surface area contributed by atoms with Crippen molar-refractivity contribution in [2.24, 2.45) is 0 Å². The van der Waals surface area contributed by atoms with Gasteiger partial charge in [0.25, 0.3) is 5.56 Å². The van der Waals surface area contributed by atoms with Crippen molar-refractivity contribution in [2.75, 3.05) is 33.7 Å². The second kappa shape index (κ2) is 7.00. The van der Waals surface area contributed by atoms with Crippen molar-refractivity contribution in [1.82, 2.24) is 14.8 Å².